The van der Waals surface area contributed by atoms with Crippen LogP contribution < -0.4 is 5.32 Å². The summed E-state index contributed by atoms with van der Waals surface area (Å²) in [5.41, 5.74) is 0.185. The highest BCUT2D eigenvalue weighted by Gasteiger charge is 2.26. The van der Waals surface area contributed by atoms with Crippen molar-refractivity contribution in [1.29, 1.82) is 0 Å². The van der Waals surface area contributed by atoms with Crippen molar-refractivity contribution in [3.63, 3.8) is 0 Å². The monoisotopic (exact) mass is 353 g/mol. The number of hydrogen-bond donors (Lipinski definition) is 1. The minimum atomic E-state index is -0.495. The fourth-order valence-corrected chi connectivity index (χ4v) is 2.58. The number of ether oxygens (including phenoxy) is 1. The predicted molar refractivity (Wildman–Crippen MR) is 94.3 cm³/mol. The molecule has 24 heavy (non-hydrogen) atoms. The molecule has 132 valence electrons. The maximum atomic E-state index is 12.1. The Hall–Kier alpha value is -1.79. The van der Waals surface area contributed by atoms with Crippen LogP contribution in [0.2, 0.25) is 5.02 Å². The number of piperazine rings is 1. The Bertz CT molecular complexity index is 593. The van der Waals surface area contributed by atoms with E-state index in [0.29, 0.717) is 36.9 Å². The van der Waals surface area contributed by atoms with Gasteiger partial charge in [0.2, 0.25) is 5.91 Å². The number of rotatable bonds is 3. The van der Waals surface area contributed by atoms with E-state index < -0.39 is 5.60 Å². The molecule has 0 aromatic heterocycles. The van der Waals surface area contributed by atoms with Crippen molar-refractivity contribution < 1.29 is 14.3 Å². The van der Waals surface area contributed by atoms with E-state index in [-0.39, 0.29) is 18.5 Å². The van der Waals surface area contributed by atoms with Crippen LogP contribution in [-0.2, 0) is 9.53 Å². The molecule has 1 aliphatic heterocycles. The Morgan fingerprint density at radius 1 is 1.21 bits per heavy atom. The molecule has 1 N–H and O–H groups in total. The second kappa shape index (κ2) is 7.85. The molecule has 0 atom stereocenters. The van der Waals surface area contributed by atoms with Gasteiger partial charge in [-0.2, -0.15) is 0 Å². The van der Waals surface area contributed by atoms with E-state index in [4.69, 9.17) is 16.3 Å². The number of halogens is 1. The fraction of sp³-hybridized carbons (Fsp3) is 0.529. The number of hydrogen-bond acceptors (Lipinski definition) is 4. The standard InChI is InChI=1S/C17H24ClN3O3/c1-17(2,3)24-16(23)21-9-7-20(8-10-21)12-15(22)19-14-6-4-5-13(18)11-14/h4-6,11H,7-10,12H2,1-3H3,(H,19,22). The van der Waals surface area contributed by atoms with Crippen LogP contribution in [0.15, 0.2) is 24.3 Å². The van der Waals surface area contributed by atoms with Crippen molar-refractivity contribution >= 4 is 29.3 Å². The van der Waals surface area contributed by atoms with Gasteiger partial charge in [0.05, 0.1) is 6.54 Å². The average molecular weight is 354 g/mol. The Morgan fingerprint density at radius 3 is 2.46 bits per heavy atom. The molecule has 0 aliphatic carbocycles. The van der Waals surface area contributed by atoms with Crippen molar-refractivity contribution in [1.82, 2.24) is 9.80 Å². The Balaban J connectivity index is 1.76. The predicted octanol–water partition coefficient (Wildman–Crippen LogP) is 2.83. The van der Waals surface area contributed by atoms with Crippen LogP contribution in [0.4, 0.5) is 10.5 Å². The first-order valence-electron chi connectivity index (χ1n) is 7.99. The molecule has 1 heterocycles. The van der Waals surface area contributed by atoms with E-state index in [1.807, 2.05) is 25.7 Å². The van der Waals surface area contributed by atoms with Gasteiger partial charge in [-0.3, -0.25) is 9.69 Å². The Morgan fingerprint density at radius 2 is 1.88 bits per heavy atom. The molecule has 2 rings (SSSR count). The summed E-state index contributed by atoms with van der Waals surface area (Å²) in [6, 6.07) is 7.05. The lowest BCUT2D eigenvalue weighted by Gasteiger charge is -2.35. The molecule has 0 unspecified atom stereocenters. The smallest absolute Gasteiger partial charge is 0.410 e. The molecule has 0 spiro atoms. The highest BCUT2D eigenvalue weighted by atomic mass is 35.5. The molecule has 0 radical (unpaired) electrons. The van der Waals surface area contributed by atoms with Gasteiger partial charge >= 0.3 is 6.09 Å². The highest BCUT2D eigenvalue weighted by molar-refractivity contribution is 6.30. The molecule has 0 saturated carbocycles. The van der Waals surface area contributed by atoms with Crippen LogP contribution in [0.25, 0.3) is 0 Å². The molecule has 1 fully saturated rings. The summed E-state index contributed by atoms with van der Waals surface area (Å²) in [7, 11) is 0. The van der Waals surface area contributed by atoms with Gasteiger partial charge in [0.25, 0.3) is 0 Å². The van der Waals surface area contributed by atoms with E-state index in [2.05, 4.69) is 5.32 Å². The Kier molecular flexibility index (Phi) is 6.07. The zero-order valence-corrected chi connectivity index (χ0v) is 15.1. The topological polar surface area (TPSA) is 61.9 Å². The van der Waals surface area contributed by atoms with Crippen molar-refractivity contribution in [3.05, 3.63) is 29.3 Å². The summed E-state index contributed by atoms with van der Waals surface area (Å²) in [5, 5.41) is 3.41. The van der Waals surface area contributed by atoms with Crippen molar-refractivity contribution in [2.75, 3.05) is 38.0 Å². The fourth-order valence-electron chi connectivity index (χ4n) is 2.38. The lowest BCUT2D eigenvalue weighted by molar-refractivity contribution is -0.117. The number of anilines is 1. The zero-order chi connectivity index (χ0) is 17.7. The largest absolute Gasteiger partial charge is 0.444 e. The molecule has 1 aromatic rings. The molecule has 1 aromatic carbocycles. The molecule has 1 saturated heterocycles. The molecule has 1 aliphatic rings. The minimum absolute atomic E-state index is 0.0945. The van der Waals surface area contributed by atoms with E-state index >= 15 is 0 Å². The van der Waals surface area contributed by atoms with Gasteiger partial charge < -0.3 is 15.0 Å². The summed E-state index contributed by atoms with van der Waals surface area (Å²) in [6.45, 7) is 8.22. The first-order chi connectivity index (χ1) is 11.2. The van der Waals surface area contributed by atoms with Crippen LogP contribution in [0.3, 0.4) is 0 Å². The second-order valence-electron chi connectivity index (χ2n) is 6.80. The van der Waals surface area contributed by atoms with E-state index in [1.165, 1.54) is 0 Å². The van der Waals surface area contributed by atoms with Gasteiger partial charge in [0.1, 0.15) is 5.60 Å². The maximum Gasteiger partial charge on any atom is 0.410 e. The lowest BCUT2D eigenvalue weighted by atomic mass is 10.2. The summed E-state index contributed by atoms with van der Waals surface area (Å²) < 4.78 is 5.36. The highest BCUT2D eigenvalue weighted by Crippen LogP contribution is 2.15. The number of benzene rings is 1. The van der Waals surface area contributed by atoms with E-state index in [9.17, 15) is 9.59 Å². The summed E-state index contributed by atoms with van der Waals surface area (Å²) in [6.07, 6.45) is -0.300. The van der Waals surface area contributed by atoms with Gasteiger partial charge in [-0.05, 0) is 39.0 Å². The second-order valence-corrected chi connectivity index (χ2v) is 7.24. The molecular formula is C17H24ClN3O3. The third kappa shape index (κ3) is 6.02. The van der Waals surface area contributed by atoms with Crippen molar-refractivity contribution in [2.24, 2.45) is 0 Å². The Labute approximate surface area is 147 Å². The first kappa shape index (κ1) is 18.5. The van der Waals surface area contributed by atoms with Crippen LogP contribution in [-0.4, -0.2) is 60.1 Å². The third-order valence-electron chi connectivity index (χ3n) is 3.50. The molecule has 2 amide bonds. The quantitative estimate of drug-likeness (QED) is 0.907. The molecule has 6 nitrogen and oxygen atoms in total. The van der Waals surface area contributed by atoms with Crippen molar-refractivity contribution in [2.45, 2.75) is 26.4 Å². The van der Waals surface area contributed by atoms with E-state index in [1.54, 1.807) is 29.2 Å². The average Bonchev–Trinajstić information content (AvgIpc) is 2.46. The van der Waals surface area contributed by atoms with Crippen molar-refractivity contribution in [3.8, 4) is 0 Å². The lowest BCUT2D eigenvalue weighted by Crippen LogP contribution is -2.51. The van der Waals surface area contributed by atoms with Gasteiger partial charge in [0.15, 0.2) is 0 Å². The summed E-state index contributed by atoms with van der Waals surface area (Å²) >= 11 is 5.90. The van der Waals surface area contributed by atoms with Gasteiger partial charge in [-0.1, -0.05) is 17.7 Å². The maximum absolute atomic E-state index is 12.1. The number of nitrogens with one attached hydrogen (secondary N) is 1. The molecule has 7 heteroatoms. The number of nitrogens with zero attached hydrogens (tertiary/aromatic N) is 2. The van der Waals surface area contributed by atoms with E-state index in [0.717, 1.165) is 0 Å². The first-order valence-corrected chi connectivity index (χ1v) is 8.36. The molecule has 0 bridgehead atoms. The van der Waals surface area contributed by atoms with Crippen LogP contribution in [0.5, 0.6) is 0 Å². The van der Waals surface area contributed by atoms with Gasteiger partial charge in [-0.25, -0.2) is 4.79 Å². The molecular weight excluding hydrogens is 330 g/mol. The van der Waals surface area contributed by atoms with Crippen LogP contribution in [0, 0.1) is 0 Å². The van der Waals surface area contributed by atoms with Crippen LogP contribution >= 0.6 is 11.6 Å². The normalized spacial score (nSPS) is 15.9. The zero-order valence-electron chi connectivity index (χ0n) is 14.3. The number of amides is 2. The SMILES string of the molecule is CC(C)(C)OC(=O)N1CCN(CC(=O)Nc2cccc(Cl)c2)CC1. The third-order valence-corrected chi connectivity index (χ3v) is 3.73. The number of carbonyl (C=O) groups is 2. The summed E-state index contributed by atoms with van der Waals surface area (Å²) in [4.78, 5) is 27.8. The minimum Gasteiger partial charge on any atom is -0.444 e. The van der Waals surface area contributed by atoms with Gasteiger partial charge in [-0.15, -0.1) is 0 Å². The number of carbonyl (C=O) groups excluding carboxylic acids is 2. The van der Waals surface area contributed by atoms with Gasteiger partial charge in [0, 0.05) is 36.9 Å². The van der Waals surface area contributed by atoms with Crippen LogP contribution in [0.1, 0.15) is 20.8 Å². The summed E-state index contributed by atoms with van der Waals surface area (Å²) in [5.74, 6) is -0.0945.